The van der Waals surface area contributed by atoms with Gasteiger partial charge in [0.15, 0.2) is 0 Å². The van der Waals surface area contributed by atoms with Crippen molar-refractivity contribution in [3.63, 3.8) is 0 Å². The Labute approximate surface area is 444 Å². The molecule has 0 saturated heterocycles. The molecule has 0 bridgehead atoms. The van der Waals surface area contributed by atoms with Gasteiger partial charge in [0.2, 0.25) is 0 Å². The van der Waals surface area contributed by atoms with Crippen molar-refractivity contribution in [1.82, 2.24) is 0 Å². The maximum absolute atomic E-state index is 12.8. The number of fused-ring (bicyclic) bond motifs is 3. The molecule has 3 heterocycles. The Morgan fingerprint density at radius 2 is 0.486 bits per heavy atom. The summed E-state index contributed by atoms with van der Waals surface area (Å²) in [5.41, 5.74) is 14.4. The van der Waals surface area contributed by atoms with Crippen molar-refractivity contribution < 1.29 is 13.3 Å². The number of halogens is 3. The average Bonchev–Trinajstić information content (AvgIpc) is 3.42. The molecule has 6 aromatic carbocycles. The molecule has 3 aromatic heterocycles. The molecular formula is C63H51Br3O6. The highest BCUT2D eigenvalue weighted by atomic mass is 79.9. The number of hydrogen-bond acceptors (Lipinski definition) is 6. The summed E-state index contributed by atoms with van der Waals surface area (Å²) >= 11 is 10.4. The lowest BCUT2D eigenvalue weighted by Gasteiger charge is -2.21. The van der Waals surface area contributed by atoms with Gasteiger partial charge >= 0.3 is 16.9 Å². The van der Waals surface area contributed by atoms with Gasteiger partial charge in [-0.25, -0.2) is 14.4 Å². The third-order valence-electron chi connectivity index (χ3n) is 13.8. The molecule has 360 valence electrons. The molecular weight excluding hydrogens is 1090 g/mol. The summed E-state index contributed by atoms with van der Waals surface area (Å²) in [5.74, 6) is 2.21. The first-order chi connectivity index (χ1) is 35.2. The van der Waals surface area contributed by atoms with Crippen LogP contribution < -0.4 is 16.9 Å². The normalized spacial score (nSPS) is 13.5. The van der Waals surface area contributed by atoms with E-state index < -0.39 is 0 Å². The molecule has 0 unspecified atom stereocenters. The van der Waals surface area contributed by atoms with Crippen LogP contribution in [0, 0.1) is 0 Å². The lowest BCUT2D eigenvalue weighted by molar-refractivity contribution is 0.510. The lowest BCUT2D eigenvalue weighted by atomic mass is 9.85. The van der Waals surface area contributed by atoms with Crippen LogP contribution in [-0.2, 0) is 38.5 Å². The highest BCUT2D eigenvalue weighted by molar-refractivity contribution is 9.11. The molecule has 9 heteroatoms. The third-order valence-corrected chi connectivity index (χ3v) is 15.4. The van der Waals surface area contributed by atoms with E-state index in [0.29, 0.717) is 0 Å². The van der Waals surface area contributed by atoms with E-state index in [-0.39, 0.29) is 16.9 Å². The highest BCUT2D eigenvalue weighted by Gasteiger charge is 2.27. The molecule has 72 heavy (non-hydrogen) atoms. The van der Waals surface area contributed by atoms with E-state index in [1.807, 2.05) is 164 Å². The molecule has 0 N–H and O–H groups in total. The van der Waals surface area contributed by atoms with Crippen molar-refractivity contribution >= 4 is 47.8 Å². The van der Waals surface area contributed by atoms with Crippen LogP contribution in [0.25, 0.3) is 67.4 Å². The second kappa shape index (κ2) is 22.6. The smallest absolute Gasteiger partial charge is 0.344 e. The largest absolute Gasteiger partial charge is 0.422 e. The lowest BCUT2D eigenvalue weighted by Crippen LogP contribution is -2.15. The number of hydrogen-bond donors (Lipinski definition) is 0. The van der Waals surface area contributed by atoms with Crippen LogP contribution in [-0.4, -0.2) is 0 Å². The standard InChI is InChI=1S/3C21H17BrO2/c3*22-16-12-10-15(11-13-16)20-18-9-5-4-8-17(18)19(21(23)24-20)14-6-2-1-3-7-14/h3*1-3,6-7,10-13H,4-5,8-9H2. The van der Waals surface area contributed by atoms with E-state index in [1.54, 1.807) is 0 Å². The van der Waals surface area contributed by atoms with Crippen LogP contribution in [0.5, 0.6) is 0 Å². The second-order valence-corrected chi connectivity index (χ2v) is 21.1. The van der Waals surface area contributed by atoms with E-state index in [0.717, 1.165) is 158 Å². The Balaban J connectivity index is 0.000000124. The fourth-order valence-corrected chi connectivity index (χ4v) is 11.3. The highest BCUT2D eigenvalue weighted by Crippen LogP contribution is 2.39. The van der Waals surface area contributed by atoms with Gasteiger partial charge in [-0.1, -0.05) is 175 Å². The van der Waals surface area contributed by atoms with Gasteiger partial charge in [0.05, 0.1) is 16.7 Å². The quantitative estimate of drug-likeness (QED) is 0.165. The molecule has 0 spiro atoms. The van der Waals surface area contributed by atoms with Crippen molar-refractivity contribution in [3.05, 3.63) is 242 Å². The van der Waals surface area contributed by atoms with E-state index in [9.17, 15) is 14.4 Å². The van der Waals surface area contributed by atoms with Crippen molar-refractivity contribution in [2.75, 3.05) is 0 Å². The molecule has 0 radical (unpaired) electrons. The molecule has 3 aliphatic rings. The molecule has 12 rings (SSSR count). The first kappa shape index (κ1) is 49.2. The SMILES string of the molecule is O=c1oc(-c2ccc(Br)cc2)c2c(c1-c1ccccc1)CCCC2.O=c1oc(-c2ccc(Br)cc2)c2c(c1-c1ccccc1)CCCC2.O=c1oc(-c2ccc(Br)cc2)c2c(c1-c1ccccc1)CCCC2. The third kappa shape index (κ3) is 10.7. The molecule has 0 aliphatic heterocycles. The van der Waals surface area contributed by atoms with Crippen LogP contribution in [0.15, 0.2) is 205 Å². The molecule has 9 aromatic rings. The Hall–Kier alpha value is -6.39. The Kier molecular flexibility index (Phi) is 15.4. The van der Waals surface area contributed by atoms with Gasteiger partial charge in [0, 0.05) is 30.1 Å². The molecule has 6 nitrogen and oxygen atoms in total. The summed E-state index contributed by atoms with van der Waals surface area (Å²) in [6, 6.07) is 53.5. The minimum atomic E-state index is -0.236. The summed E-state index contributed by atoms with van der Waals surface area (Å²) in [4.78, 5) is 38.3. The summed E-state index contributed by atoms with van der Waals surface area (Å²) in [7, 11) is 0. The summed E-state index contributed by atoms with van der Waals surface area (Å²) in [6.07, 6.45) is 12.5. The Morgan fingerprint density at radius 3 is 0.722 bits per heavy atom. The van der Waals surface area contributed by atoms with E-state index in [2.05, 4.69) is 47.8 Å². The second-order valence-electron chi connectivity index (χ2n) is 18.4. The van der Waals surface area contributed by atoms with Gasteiger partial charge in [-0.15, -0.1) is 0 Å². The summed E-state index contributed by atoms with van der Waals surface area (Å²) in [5, 5.41) is 0. The first-order valence-corrected chi connectivity index (χ1v) is 27.1. The zero-order chi connectivity index (χ0) is 49.6. The van der Waals surface area contributed by atoms with Gasteiger partial charge in [0.25, 0.3) is 0 Å². The molecule has 0 amide bonds. The van der Waals surface area contributed by atoms with Crippen molar-refractivity contribution in [3.8, 4) is 67.4 Å². The van der Waals surface area contributed by atoms with E-state index >= 15 is 0 Å². The van der Waals surface area contributed by atoms with Crippen molar-refractivity contribution in [1.29, 1.82) is 0 Å². The van der Waals surface area contributed by atoms with Crippen molar-refractivity contribution in [2.45, 2.75) is 77.0 Å². The fourth-order valence-electron chi connectivity index (χ4n) is 10.5. The maximum atomic E-state index is 12.8. The zero-order valence-electron chi connectivity index (χ0n) is 39.7. The Morgan fingerprint density at radius 1 is 0.264 bits per heavy atom. The summed E-state index contributed by atoms with van der Waals surface area (Å²) in [6.45, 7) is 0. The first-order valence-electron chi connectivity index (χ1n) is 24.7. The molecule has 0 fully saturated rings. The maximum Gasteiger partial charge on any atom is 0.344 e. The predicted octanol–water partition coefficient (Wildman–Crippen LogP) is 16.8. The van der Waals surface area contributed by atoms with E-state index in [4.69, 9.17) is 13.3 Å². The number of rotatable bonds is 6. The van der Waals surface area contributed by atoms with Crippen molar-refractivity contribution in [2.24, 2.45) is 0 Å². The minimum absolute atomic E-state index is 0.236. The molecule has 0 saturated carbocycles. The van der Waals surface area contributed by atoms with E-state index in [1.165, 1.54) is 33.4 Å². The van der Waals surface area contributed by atoms with Gasteiger partial charge in [-0.2, -0.15) is 0 Å². The van der Waals surface area contributed by atoms with Gasteiger partial charge in [-0.05, 0) is 164 Å². The zero-order valence-corrected chi connectivity index (χ0v) is 44.4. The molecule has 0 atom stereocenters. The van der Waals surface area contributed by atoms with Gasteiger partial charge in [-0.3, -0.25) is 0 Å². The topological polar surface area (TPSA) is 90.6 Å². The van der Waals surface area contributed by atoms with Crippen LogP contribution in [0.1, 0.15) is 71.9 Å². The monoisotopic (exact) mass is 1140 g/mol. The van der Waals surface area contributed by atoms with Crippen LogP contribution >= 0.6 is 47.8 Å². The average molecular weight is 1140 g/mol. The fraction of sp³-hybridized carbons (Fsp3) is 0.190. The summed E-state index contributed by atoms with van der Waals surface area (Å²) < 4.78 is 20.5. The van der Waals surface area contributed by atoms with Crippen LogP contribution in [0.4, 0.5) is 0 Å². The minimum Gasteiger partial charge on any atom is -0.422 e. The molecule has 3 aliphatic carbocycles. The number of benzene rings is 6. The van der Waals surface area contributed by atoms with Crippen LogP contribution in [0.3, 0.4) is 0 Å². The van der Waals surface area contributed by atoms with Gasteiger partial charge < -0.3 is 13.3 Å². The Bertz CT molecular complexity index is 3150. The predicted molar refractivity (Wildman–Crippen MR) is 301 cm³/mol. The van der Waals surface area contributed by atoms with Crippen LogP contribution in [0.2, 0.25) is 0 Å². The van der Waals surface area contributed by atoms with Gasteiger partial charge in [0.1, 0.15) is 17.3 Å².